The summed E-state index contributed by atoms with van der Waals surface area (Å²) < 4.78 is 49.6. The molecule has 1 amide bonds. The largest absolute Gasteiger partial charge is 0.481 e. The summed E-state index contributed by atoms with van der Waals surface area (Å²) in [5, 5.41) is 8.46. The number of hydrogen-bond acceptors (Lipinski definition) is 2. The highest BCUT2D eigenvalue weighted by Gasteiger charge is 2.45. The molecule has 1 aliphatic heterocycles. The van der Waals surface area contributed by atoms with Crippen LogP contribution < -0.4 is 0 Å². The van der Waals surface area contributed by atoms with Gasteiger partial charge < -0.3 is 10.0 Å². The van der Waals surface area contributed by atoms with Crippen LogP contribution in [0.4, 0.5) is 17.6 Å². The summed E-state index contributed by atoms with van der Waals surface area (Å²) in [7, 11) is 0. The number of likely N-dealkylation sites (tertiary alicyclic amines) is 1. The second-order valence-electron chi connectivity index (χ2n) is 3.91. The smallest absolute Gasteiger partial charge is 0.471 e. The normalized spacial score (nSPS) is 25.8. The van der Waals surface area contributed by atoms with Crippen molar-refractivity contribution in [3.8, 4) is 0 Å². The monoisotopic (exact) mass is 257 g/mol. The van der Waals surface area contributed by atoms with Crippen LogP contribution in [0.3, 0.4) is 0 Å². The van der Waals surface area contributed by atoms with Gasteiger partial charge in [-0.3, -0.25) is 9.59 Å². The van der Waals surface area contributed by atoms with Crippen LogP contribution in [0.5, 0.6) is 0 Å². The number of hydrogen-bond donors (Lipinski definition) is 1. The van der Waals surface area contributed by atoms with Crippen molar-refractivity contribution in [3.05, 3.63) is 0 Å². The molecule has 0 saturated carbocycles. The van der Waals surface area contributed by atoms with Gasteiger partial charge in [-0.1, -0.05) is 0 Å². The van der Waals surface area contributed by atoms with E-state index in [0.29, 0.717) is 4.90 Å². The Labute approximate surface area is 94.2 Å². The average molecular weight is 257 g/mol. The Bertz CT molecular complexity index is 318. The van der Waals surface area contributed by atoms with Crippen LogP contribution in [0.25, 0.3) is 0 Å². The lowest BCUT2D eigenvalue weighted by Crippen LogP contribution is -2.49. The Morgan fingerprint density at radius 1 is 1.35 bits per heavy atom. The first-order chi connectivity index (χ1) is 7.71. The van der Waals surface area contributed by atoms with Crippen LogP contribution in [0.15, 0.2) is 0 Å². The molecule has 0 radical (unpaired) electrons. The van der Waals surface area contributed by atoms with Gasteiger partial charge in [-0.2, -0.15) is 13.2 Å². The minimum absolute atomic E-state index is 0.0741. The SMILES string of the molecule is O=C(O)CC1CCN(C(=O)C(F)(F)F)CC1F. The highest BCUT2D eigenvalue weighted by molar-refractivity contribution is 5.82. The average Bonchev–Trinajstić information content (AvgIpc) is 2.18. The van der Waals surface area contributed by atoms with Crippen molar-refractivity contribution in [2.45, 2.75) is 25.2 Å². The number of halogens is 4. The molecule has 1 saturated heterocycles. The van der Waals surface area contributed by atoms with E-state index in [0.717, 1.165) is 0 Å². The van der Waals surface area contributed by atoms with E-state index in [9.17, 15) is 27.2 Å². The van der Waals surface area contributed by atoms with Gasteiger partial charge in [-0.25, -0.2) is 4.39 Å². The van der Waals surface area contributed by atoms with Crippen molar-refractivity contribution in [2.24, 2.45) is 5.92 Å². The van der Waals surface area contributed by atoms with Crippen molar-refractivity contribution in [1.29, 1.82) is 0 Å². The standard InChI is InChI=1S/C9H11F4NO3/c10-6-4-14(8(17)9(11,12)13)2-1-5(6)3-7(15)16/h5-6H,1-4H2,(H,15,16). The first-order valence-electron chi connectivity index (χ1n) is 4.93. The molecule has 2 unspecified atom stereocenters. The van der Waals surface area contributed by atoms with E-state index < -0.39 is 43.1 Å². The summed E-state index contributed by atoms with van der Waals surface area (Å²) >= 11 is 0. The lowest BCUT2D eigenvalue weighted by molar-refractivity contribution is -0.188. The second-order valence-corrected chi connectivity index (χ2v) is 3.91. The molecule has 4 nitrogen and oxygen atoms in total. The van der Waals surface area contributed by atoms with E-state index in [1.54, 1.807) is 0 Å². The third-order valence-electron chi connectivity index (χ3n) is 2.64. The molecular formula is C9H11F4NO3. The Kier molecular flexibility index (Phi) is 3.94. The molecular weight excluding hydrogens is 246 g/mol. The number of piperidine rings is 1. The van der Waals surface area contributed by atoms with E-state index >= 15 is 0 Å². The number of amides is 1. The van der Waals surface area contributed by atoms with Crippen molar-refractivity contribution >= 4 is 11.9 Å². The zero-order chi connectivity index (χ0) is 13.2. The molecule has 0 aromatic heterocycles. The maximum Gasteiger partial charge on any atom is 0.471 e. The number of nitrogens with zero attached hydrogens (tertiary/aromatic N) is 1. The molecule has 1 rings (SSSR count). The molecule has 0 bridgehead atoms. The highest BCUT2D eigenvalue weighted by Crippen LogP contribution is 2.27. The molecule has 1 aliphatic rings. The molecule has 1 N–H and O–H groups in total. The van der Waals surface area contributed by atoms with E-state index in [2.05, 4.69) is 0 Å². The molecule has 17 heavy (non-hydrogen) atoms. The predicted molar refractivity (Wildman–Crippen MR) is 47.9 cm³/mol. The number of carboxylic acid groups (broad SMARTS) is 1. The molecule has 0 aromatic carbocycles. The van der Waals surface area contributed by atoms with Crippen LogP contribution in [-0.4, -0.2) is 47.3 Å². The fourth-order valence-corrected chi connectivity index (χ4v) is 1.77. The fraction of sp³-hybridized carbons (Fsp3) is 0.778. The van der Waals surface area contributed by atoms with Gasteiger partial charge in [0.25, 0.3) is 0 Å². The first kappa shape index (κ1) is 13.7. The van der Waals surface area contributed by atoms with Gasteiger partial charge in [-0.15, -0.1) is 0 Å². The van der Waals surface area contributed by atoms with Crippen LogP contribution in [0, 0.1) is 5.92 Å². The summed E-state index contributed by atoms with van der Waals surface area (Å²) in [6.45, 7) is -0.965. The Morgan fingerprint density at radius 2 is 1.94 bits per heavy atom. The molecule has 2 atom stereocenters. The number of carboxylic acids is 1. The van der Waals surface area contributed by atoms with Crippen molar-refractivity contribution in [2.75, 3.05) is 13.1 Å². The summed E-state index contributed by atoms with van der Waals surface area (Å²) in [5.74, 6) is -4.10. The number of carbonyl (C=O) groups excluding carboxylic acids is 1. The fourth-order valence-electron chi connectivity index (χ4n) is 1.77. The lowest BCUT2D eigenvalue weighted by Gasteiger charge is -2.34. The summed E-state index contributed by atoms with van der Waals surface area (Å²) in [5.41, 5.74) is 0. The van der Waals surface area contributed by atoms with Crippen LogP contribution in [0.2, 0.25) is 0 Å². The molecule has 0 aliphatic carbocycles. The van der Waals surface area contributed by atoms with Crippen LogP contribution >= 0.6 is 0 Å². The number of carbonyl (C=O) groups is 2. The van der Waals surface area contributed by atoms with Crippen LogP contribution in [0.1, 0.15) is 12.8 Å². The zero-order valence-electron chi connectivity index (χ0n) is 8.71. The Balaban J connectivity index is 2.58. The number of alkyl halides is 4. The van der Waals surface area contributed by atoms with Gasteiger partial charge in [0.1, 0.15) is 6.17 Å². The third-order valence-corrected chi connectivity index (χ3v) is 2.64. The third kappa shape index (κ3) is 3.57. The Hall–Kier alpha value is -1.34. The van der Waals surface area contributed by atoms with Crippen molar-refractivity contribution < 1.29 is 32.3 Å². The summed E-state index contributed by atoms with van der Waals surface area (Å²) in [6.07, 6.45) is -7.25. The quantitative estimate of drug-likeness (QED) is 0.756. The van der Waals surface area contributed by atoms with E-state index in [-0.39, 0.29) is 13.0 Å². The first-order valence-corrected chi connectivity index (χ1v) is 4.93. The highest BCUT2D eigenvalue weighted by atomic mass is 19.4. The van der Waals surface area contributed by atoms with E-state index in [1.165, 1.54) is 0 Å². The molecule has 0 spiro atoms. The maximum absolute atomic E-state index is 13.4. The van der Waals surface area contributed by atoms with Gasteiger partial charge in [0.15, 0.2) is 0 Å². The minimum atomic E-state index is -5.01. The van der Waals surface area contributed by atoms with Gasteiger partial charge in [0, 0.05) is 12.5 Å². The van der Waals surface area contributed by atoms with Crippen LogP contribution in [-0.2, 0) is 9.59 Å². The molecule has 8 heteroatoms. The van der Waals surface area contributed by atoms with Crippen molar-refractivity contribution in [1.82, 2.24) is 4.90 Å². The number of aliphatic carboxylic acids is 1. The molecule has 1 heterocycles. The summed E-state index contributed by atoms with van der Waals surface area (Å²) in [4.78, 5) is 21.6. The molecule has 0 aromatic rings. The predicted octanol–water partition coefficient (Wildman–Crippen LogP) is 1.21. The Morgan fingerprint density at radius 3 is 2.35 bits per heavy atom. The summed E-state index contributed by atoms with van der Waals surface area (Å²) in [6, 6.07) is 0. The lowest BCUT2D eigenvalue weighted by atomic mass is 9.92. The zero-order valence-corrected chi connectivity index (χ0v) is 8.71. The van der Waals surface area contributed by atoms with Gasteiger partial charge in [-0.05, 0) is 6.42 Å². The second kappa shape index (κ2) is 4.89. The van der Waals surface area contributed by atoms with E-state index in [1.807, 2.05) is 0 Å². The van der Waals surface area contributed by atoms with Gasteiger partial charge >= 0.3 is 18.1 Å². The van der Waals surface area contributed by atoms with Crippen molar-refractivity contribution in [3.63, 3.8) is 0 Å². The molecule has 1 fully saturated rings. The van der Waals surface area contributed by atoms with Gasteiger partial charge in [0.05, 0.1) is 13.0 Å². The molecule has 98 valence electrons. The minimum Gasteiger partial charge on any atom is -0.481 e. The van der Waals surface area contributed by atoms with E-state index in [4.69, 9.17) is 5.11 Å². The topological polar surface area (TPSA) is 57.6 Å². The number of rotatable bonds is 2. The maximum atomic E-state index is 13.4. The van der Waals surface area contributed by atoms with Gasteiger partial charge in [0.2, 0.25) is 0 Å².